The van der Waals surface area contributed by atoms with Crippen molar-refractivity contribution in [2.24, 2.45) is 0 Å². The summed E-state index contributed by atoms with van der Waals surface area (Å²) in [7, 11) is 0. The SMILES string of the molecule is O=C(O)C1CSCN1C(=O)/C=C/c1ccc(O)cc1. The average Bonchev–Trinajstić information content (AvgIpc) is 2.87. The number of aromatic hydroxyl groups is 1. The monoisotopic (exact) mass is 279 g/mol. The molecule has 19 heavy (non-hydrogen) atoms. The topological polar surface area (TPSA) is 77.8 Å². The summed E-state index contributed by atoms with van der Waals surface area (Å²) in [6, 6.07) is 5.65. The van der Waals surface area contributed by atoms with E-state index in [1.165, 1.54) is 34.9 Å². The first kappa shape index (κ1) is 13.5. The van der Waals surface area contributed by atoms with Gasteiger partial charge in [-0.3, -0.25) is 4.79 Å². The summed E-state index contributed by atoms with van der Waals surface area (Å²) in [6.07, 6.45) is 2.96. The molecule has 1 unspecified atom stereocenters. The predicted molar refractivity (Wildman–Crippen MR) is 72.7 cm³/mol. The second-order valence-corrected chi connectivity index (χ2v) is 5.09. The van der Waals surface area contributed by atoms with E-state index in [4.69, 9.17) is 10.2 Å². The van der Waals surface area contributed by atoms with Crippen molar-refractivity contribution in [2.75, 3.05) is 11.6 Å². The normalized spacial score (nSPS) is 18.9. The van der Waals surface area contributed by atoms with Crippen LogP contribution in [0.4, 0.5) is 0 Å². The molecule has 1 saturated heterocycles. The number of benzene rings is 1. The molecule has 1 aliphatic rings. The molecule has 1 atom stereocenters. The van der Waals surface area contributed by atoms with Crippen LogP contribution in [-0.4, -0.2) is 44.7 Å². The third-order valence-electron chi connectivity index (χ3n) is 2.76. The van der Waals surface area contributed by atoms with Crippen molar-refractivity contribution >= 4 is 29.7 Å². The number of carboxylic acid groups (broad SMARTS) is 1. The molecule has 0 aliphatic carbocycles. The van der Waals surface area contributed by atoms with Crippen molar-refractivity contribution in [3.63, 3.8) is 0 Å². The van der Waals surface area contributed by atoms with Gasteiger partial charge in [-0.2, -0.15) is 0 Å². The number of hydrogen-bond acceptors (Lipinski definition) is 4. The summed E-state index contributed by atoms with van der Waals surface area (Å²) < 4.78 is 0. The fourth-order valence-corrected chi connectivity index (χ4v) is 2.87. The first-order valence-electron chi connectivity index (χ1n) is 5.66. The maximum atomic E-state index is 11.9. The zero-order valence-corrected chi connectivity index (χ0v) is 10.8. The molecule has 0 bridgehead atoms. The van der Waals surface area contributed by atoms with Crippen LogP contribution < -0.4 is 0 Å². The van der Waals surface area contributed by atoms with E-state index in [1.54, 1.807) is 18.2 Å². The molecule has 0 spiro atoms. The minimum atomic E-state index is -0.976. The van der Waals surface area contributed by atoms with Crippen LogP contribution in [0, 0.1) is 0 Å². The fourth-order valence-electron chi connectivity index (χ4n) is 1.71. The lowest BCUT2D eigenvalue weighted by Gasteiger charge is -2.18. The lowest BCUT2D eigenvalue weighted by atomic mass is 10.2. The highest BCUT2D eigenvalue weighted by atomic mass is 32.2. The number of hydrogen-bond donors (Lipinski definition) is 2. The molecule has 0 aromatic heterocycles. The zero-order valence-electron chi connectivity index (χ0n) is 10.0. The minimum absolute atomic E-state index is 0.158. The Morgan fingerprint density at radius 2 is 2.00 bits per heavy atom. The summed E-state index contributed by atoms with van der Waals surface area (Å²) in [5, 5.41) is 18.1. The molecule has 1 amide bonds. The minimum Gasteiger partial charge on any atom is -0.508 e. The number of thioether (sulfide) groups is 1. The van der Waals surface area contributed by atoms with Gasteiger partial charge in [0.2, 0.25) is 5.91 Å². The van der Waals surface area contributed by atoms with Gasteiger partial charge in [-0.1, -0.05) is 12.1 Å². The van der Waals surface area contributed by atoms with Crippen molar-refractivity contribution in [1.29, 1.82) is 0 Å². The molecule has 0 saturated carbocycles. The molecular weight excluding hydrogens is 266 g/mol. The Morgan fingerprint density at radius 1 is 1.32 bits per heavy atom. The summed E-state index contributed by atoms with van der Waals surface area (Å²) in [5.41, 5.74) is 0.768. The number of carboxylic acids is 1. The van der Waals surface area contributed by atoms with Crippen molar-refractivity contribution in [2.45, 2.75) is 6.04 Å². The number of aliphatic carboxylic acids is 1. The number of amides is 1. The molecule has 1 aromatic rings. The van der Waals surface area contributed by atoms with E-state index in [9.17, 15) is 9.59 Å². The smallest absolute Gasteiger partial charge is 0.327 e. The molecule has 100 valence electrons. The number of rotatable bonds is 3. The number of phenols is 1. The molecule has 1 aliphatic heterocycles. The third kappa shape index (κ3) is 3.29. The van der Waals surface area contributed by atoms with Crippen molar-refractivity contribution in [3.05, 3.63) is 35.9 Å². The van der Waals surface area contributed by atoms with Crippen LogP contribution in [0.3, 0.4) is 0 Å². The average molecular weight is 279 g/mol. The Hall–Kier alpha value is -1.95. The second-order valence-electron chi connectivity index (χ2n) is 4.09. The van der Waals surface area contributed by atoms with Crippen molar-refractivity contribution in [1.82, 2.24) is 4.90 Å². The Morgan fingerprint density at radius 3 is 2.63 bits per heavy atom. The second kappa shape index (κ2) is 5.79. The Bertz CT molecular complexity index is 512. The van der Waals surface area contributed by atoms with Crippen LogP contribution in [0.25, 0.3) is 6.08 Å². The first-order chi connectivity index (χ1) is 9.08. The lowest BCUT2D eigenvalue weighted by molar-refractivity contribution is -0.146. The van der Waals surface area contributed by atoms with Crippen molar-refractivity contribution in [3.8, 4) is 5.75 Å². The summed E-state index contributed by atoms with van der Waals surface area (Å²) >= 11 is 1.43. The van der Waals surface area contributed by atoms with Crippen LogP contribution in [0.2, 0.25) is 0 Å². The fraction of sp³-hybridized carbons (Fsp3) is 0.231. The van der Waals surface area contributed by atoms with Gasteiger partial charge in [-0.25, -0.2) is 4.79 Å². The standard InChI is InChI=1S/C13H13NO4S/c15-10-4-1-9(2-5-10)3-6-12(16)14-8-19-7-11(14)13(17)18/h1-6,11,15H,7-8H2,(H,17,18)/b6-3+. The molecule has 1 fully saturated rings. The Labute approximate surface area is 114 Å². The van der Waals surface area contributed by atoms with Crippen LogP contribution in [0.1, 0.15) is 5.56 Å². The lowest BCUT2D eigenvalue weighted by Crippen LogP contribution is -2.40. The van der Waals surface area contributed by atoms with Crippen molar-refractivity contribution < 1.29 is 19.8 Å². The quantitative estimate of drug-likeness (QED) is 0.818. The van der Waals surface area contributed by atoms with Gasteiger partial charge in [0.15, 0.2) is 0 Å². The van der Waals surface area contributed by atoms with E-state index in [0.717, 1.165) is 5.56 Å². The van der Waals surface area contributed by atoms with Gasteiger partial charge < -0.3 is 15.1 Å². The maximum Gasteiger partial charge on any atom is 0.327 e. The molecule has 2 N–H and O–H groups in total. The Balaban J connectivity index is 2.04. The first-order valence-corrected chi connectivity index (χ1v) is 6.81. The molecule has 6 heteroatoms. The van der Waals surface area contributed by atoms with Crippen LogP contribution >= 0.6 is 11.8 Å². The number of carbonyl (C=O) groups is 2. The van der Waals surface area contributed by atoms with Gasteiger partial charge in [0.25, 0.3) is 0 Å². The summed E-state index contributed by atoms with van der Waals surface area (Å²) in [4.78, 5) is 24.2. The molecule has 2 rings (SSSR count). The van der Waals surface area contributed by atoms with E-state index in [0.29, 0.717) is 11.6 Å². The van der Waals surface area contributed by atoms with E-state index in [-0.39, 0.29) is 11.7 Å². The summed E-state index contributed by atoms with van der Waals surface area (Å²) in [6.45, 7) is 0. The van der Waals surface area contributed by atoms with E-state index >= 15 is 0 Å². The third-order valence-corrected chi connectivity index (χ3v) is 3.77. The van der Waals surface area contributed by atoms with Crippen LogP contribution in [-0.2, 0) is 9.59 Å². The van der Waals surface area contributed by atoms with Gasteiger partial charge in [0.1, 0.15) is 11.8 Å². The molecule has 1 heterocycles. The maximum absolute atomic E-state index is 11.9. The molecular formula is C13H13NO4S. The van der Waals surface area contributed by atoms with E-state index in [2.05, 4.69) is 0 Å². The van der Waals surface area contributed by atoms with Gasteiger partial charge >= 0.3 is 5.97 Å². The number of phenolic OH excluding ortho intramolecular Hbond substituents is 1. The number of nitrogens with zero attached hydrogens (tertiary/aromatic N) is 1. The van der Waals surface area contributed by atoms with E-state index < -0.39 is 12.0 Å². The zero-order chi connectivity index (χ0) is 13.8. The van der Waals surface area contributed by atoms with Crippen LogP contribution in [0.15, 0.2) is 30.3 Å². The highest BCUT2D eigenvalue weighted by molar-refractivity contribution is 7.99. The molecule has 1 aromatic carbocycles. The number of carbonyl (C=O) groups excluding carboxylic acids is 1. The van der Waals surface area contributed by atoms with Gasteiger partial charge in [0, 0.05) is 11.8 Å². The predicted octanol–water partition coefficient (Wildman–Crippen LogP) is 1.39. The Kier molecular flexibility index (Phi) is 4.11. The van der Waals surface area contributed by atoms with Gasteiger partial charge in [-0.05, 0) is 23.8 Å². The highest BCUT2D eigenvalue weighted by Gasteiger charge is 2.33. The largest absolute Gasteiger partial charge is 0.508 e. The van der Waals surface area contributed by atoms with Crippen LogP contribution in [0.5, 0.6) is 5.75 Å². The summed E-state index contributed by atoms with van der Waals surface area (Å²) in [5.74, 6) is -0.309. The molecule has 5 nitrogen and oxygen atoms in total. The van der Waals surface area contributed by atoms with E-state index in [1.807, 2.05) is 0 Å². The highest BCUT2D eigenvalue weighted by Crippen LogP contribution is 2.21. The molecule has 0 radical (unpaired) electrons. The van der Waals surface area contributed by atoms with Gasteiger partial charge in [0.05, 0.1) is 5.88 Å². The van der Waals surface area contributed by atoms with Gasteiger partial charge in [-0.15, -0.1) is 11.8 Å².